The highest BCUT2D eigenvalue weighted by Crippen LogP contribution is 2.33. The molecule has 114 valence electrons. The van der Waals surface area contributed by atoms with Gasteiger partial charge in [-0.1, -0.05) is 24.3 Å². The minimum absolute atomic E-state index is 0.171. The zero-order chi connectivity index (χ0) is 15.7. The monoisotopic (exact) mass is 317 g/mol. The zero-order valence-corrected chi connectivity index (χ0v) is 12.5. The Balaban J connectivity index is 1.91. The van der Waals surface area contributed by atoms with E-state index >= 15 is 0 Å². The highest BCUT2D eigenvalue weighted by atomic mass is 32.2. The summed E-state index contributed by atoms with van der Waals surface area (Å²) < 4.78 is 27.5. The van der Waals surface area contributed by atoms with Crippen LogP contribution in [0.2, 0.25) is 0 Å². The molecule has 22 heavy (non-hydrogen) atoms. The Kier molecular flexibility index (Phi) is 3.72. The summed E-state index contributed by atoms with van der Waals surface area (Å²) in [5.41, 5.74) is 1.91. The maximum Gasteiger partial charge on any atom is 0.335 e. The fourth-order valence-corrected chi connectivity index (χ4v) is 3.98. The van der Waals surface area contributed by atoms with Crippen molar-refractivity contribution >= 4 is 16.0 Å². The van der Waals surface area contributed by atoms with Crippen molar-refractivity contribution in [3.63, 3.8) is 0 Å². The quantitative estimate of drug-likeness (QED) is 0.906. The second-order valence-corrected chi connectivity index (χ2v) is 6.96. The summed E-state index contributed by atoms with van der Waals surface area (Å²) in [6, 6.07) is 12.6. The predicted molar refractivity (Wildman–Crippen MR) is 81.2 cm³/mol. The standard InChI is InChI=1S/C16H15NO4S/c18-16(19)12-7-6-11-8-9-15(14(11)10-12)17-22(20,21)13-4-2-1-3-5-13/h1-7,10,15,17H,8-9H2,(H,18,19). The lowest BCUT2D eigenvalue weighted by Gasteiger charge is -2.15. The zero-order valence-electron chi connectivity index (χ0n) is 11.7. The van der Waals surface area contributed by atoms with Crippen molar-refractivity contribution in [2.45, 2.75) is 23.8 Å². The van der Waals surface area contributed by atoms with Crippen LogP contribution >= 0.6 is 0 Å². The fraction of sp³-hybridized carbons (Fsp3) is 0.188. The van der Waals surface area contributed by atoms with Gasteiger partial charge >= 0.3 is 5.97 Å². The maximum atomic E-state index is 12.4. The van der Waals surface area contributed by atoms with Crippen molar-refractivity contribution < 1.29 is 18.3 Å². The molecule has 0 saturated heterocycles. The summed E-state index contributed by atoms with van der Waals surface area (Å²) in [6.45, 7) is 0. The van der Waals surface area contributed by atoms with Crippen molar-refractivity contribution in [2.24, 2.45) is 0 Å². The summed E-state index contributed by atoms with van der Waals surface area (Å²) in [5, 5.41) is 9.07. The maximum absolute atomic E-state index is 12.4. The van der Waals surface area contributed by atoms with E-state index in [1.54, 1.807) is 36.4 Å². The van der Waals surface area contributed by atoms with E-state index in [0.717, 1.165) is 17.5 Å². The van der Waals surface area contributed by atoms with Crippen molar-refractivity contribution in [1.82, 2.24) is 4.72 Å². The molecule has 0 amide bonds. The average molecular weight is 317 g/mol. The summed E-state index contributed by atoms with van der Waals surface area (Å²) in [7, 11) is -3.62. The summed E-state index contributed by atoms with van der Waals surface area (Å²) in [6.07, 6.45) is 1.36. The van der Waals surface area contributed by atoms with Crippen LogP contribution in [-0.2, 0) is 16.4 Å². The third-order valence-electron chi connectivity index (χ3n) is 3.82. The number of hydrogen-bond acceptors (Lipinski definition) is 3. The number of rotatable bonds is 4. The highest BCUT2D eigenvalue weighted by Gasteiger charge is 2.28. The Morgan fingerprint density at radius 3 is 2.55 bits per heavy atom. The molecule has 5 nitrogen and oxygen atoms in total. The molecule has 2 N–H and O–H groups in total. The number of carboxylic acids is 1. The van der Waals surface area contributed by atoms with Gasteiger partial charge in [0.25, 0.3) is 0 Å². The molecule has 2 aromatic carbocycles. The van der Waals surface area contributed by atoms with Crippen LogP contribution in [0.5, 0.6) is 0 Å². The van der Waals surface area contributed by atoms with Gasteiger partial charge in [-0.05, 0) is 48.2 Å². The number of nitrogens with one attached hydrogen (secondary N) is 1. The van der Waals surface area contributed by atoms with Crippen LogP contribution in [0.4, 0.5) is 0 Å². The van der Waals surface area contributed by atoms with Crippen LogP contribution in [0, 0.1) is 0 Å². The first-order valence-corrected chi connectivity index (χ1v) is 8.39. The Morgan fingerprint density at radius 1 is 1.14 bits per heavy atom. The lowest BCUT2D eigenvalue weighted by atomic mass is 10.0. The molecule has 2 aromatic rings. The van der Waals surface area contributed by atoms with Crippen molar-refractivity contribution in [3.05, 3.63) is 65.2 Å². The van der Waals surface area contributed by atoms with E-state index in [1.807, 2.05) is 0 Å². The van der Waals surface area contributed by atoms with Gasteiger partial charge in [-0.3, -0.25) is 0 Å². The van der Waals surface area contributed by atoms with Crippen molar-refractivity contribution in [2.75, 3.05) is 0 Å². The average Bonchev–Trinajstić information content (AvgIpc) is 2.90. The number of aromatic carboxylic acids is 1. The fourth-order valence-electron chi connectivity index (χ4n) is 2.71. The molecule has 0 fully saturated rings. The molecule has 0 heterocycles. The van der Waals surface area contributed by atoms with E-state index in [2.05, 4.69) is 4.72 Å². The third kappa shape index (κ3) is 2.75. The second-order valence-electron chi connectivity index (χ2n) is 5.24. The molecule has 0 radical (unpaired) electrons. The van der Waals surface area contributed by atoms with Crippen LogP contribution in [-0.4, -0.2) is 19.5 Å². The van der Waals surface area contributed by atoms with E-state index in [0.29, 0.717) is 6.42 Å². The topological polar surface area (TPSA) is 83.5 Å². The molecule has 0 saturated carbocycles. The van der Waals surface area contributed by atoms with Crippen molar-refractivity contribution in [1.29, 1.82) is 0 Å². The summed E-state index contributed by atoms with van der Waals surface area (Å²) in [5.74, 6) is -1.01. The van der Waals surface area contributed by atoms with Crippen molar-refractivity contribution in [3.8, 4) is 0 Å². The first-order valence-electron chi connectivity index (χ1n) is 6.91. The molecular formula is C16H15NO4S. The van der Waals surface area contributed by atoms with Gasteiger partial charge in [-0.2, -0.15) is 0 Å². The first-order chi connectivity index (χ1) is 10.5. The number of benzene rings is 2. The van der Waals surface area contributed by atoms with Crippen LogP contribution in [0.25, 0.3) is 0 Å². The van der Waals surface area contributed by atoms with Gasteiger partial charge in [0.1, 0.15) is 0 Å². The smallest absolute Gasteiger partial charge is 0.335 e. The number of fused-ring (bicyclic) bond motifs is 1. The lowest BCUT2D eigenvalue weighted by molar-refractivity contribution is 0.0696. The molecule has 6 heteroatoms. The second kappa shape index (κ2) is 5.55. The predicted octanol–water partition coefficient (Wildman–Crippen LogP) is 2.35. The highest BCUT2D eigenvalue weighted by molar-refractivity contribution is 7.89. The van der Waals surface area contributed by atoms with Crippen LogP contribution < -0.4 is 4.72 Å². The minimum Gasteiger partial charge on any atom is -0.478 e. The first kappa shape index (κ1) is 14.7. The molecule has 1 aliphatic rings. The molecule has 0 bridgehead atoms. The van der Waals surface area contributed by atoms with Crippen LogP contribution in [0.3, 0.4) is 0 Å². The summed E-state index contributed by atoms with van der Waals surface area (Å²) >= 11 is 0. The van der Waals surface area contributed by atoms with E-state index in [-0.39, 0.29) is 16.5 Å². The Bertz CT molecular complexity index is 815. The Labute approximate surface area is 128 Å². The number of sulfonamides is 1. The normalized spacial score (nSPS) is 17.2. The molecule has 1 aliphatic carbocycles. The van der Waals surface area contributed by atoms with E-state index in [9.17, 15) is 13.2 Å². The number of carbonyl (C=O) groups is 1. The molecule has 1 atom stereocenters. The van der Waals surface area contributed by atoms with Gasteiger partial charge in [0.15, 0.2) is 0 Å². The van der Waals surface area contributed by atoms with Gasteiger partial charge in [-0.15, -0.1) is 0 Å². The number of hydrogen-bond donors (Lipinski definition) is 2. The molecule has 3 rings (SSSR count). The van der Waals surface area contributed by atoms with Gasteiger partial charge in [0, 0.05) is 6.04 Å². The molecule has 0 aromatic heterocycles. The van der Waals surface area contributed by atoms with Gasteiger partial charge in [0.05, 0.1) is 10.5 Å². The van der Waals surface area contributed by atoms with Crippen LogP contribution in [0.15, 0.2) is 53.4 Å². The Hall–Kier alpha value is -2.18. The van der Waals surface area contributed by atoms with Gasteiger partial charge in [0.2, 0.25) is 10.0 Å². The van der Waals surface area contributed by atoms with Gasteiger partial charge < -0.3 is 5.11 Å². The largest absolute Gasteiger partial charge is 0.478 e. The number of carboxylic acid groups (broad SMARTS) is 1. The molecular weight excluding hydrogens is 302 g/mol. The van der Waals surface area contributed by atoms with E-state index in [4.69, 9.17) is 5.11 Å². The molecule has 1 unspecified atom stereocenters. The molecule has 0 spiro atoms. The molecule has 0 aliphatic heterocycles. The SMILES string of the molecule is O=C(O)c1ccc2c(c1)C(NS(=O)(=O)c1ccccc1)CC2. The Morgan fingerprint density at radius 2 is 1.86 bits per heavy atom. The van der Waals surface area contributed by atoms with Crippen LogP contribution in [0.1, 0.15) is 33.9 Å². The van der Waals surface area contributed by atoms with E-state index in [1.165, 1.54) is 12.1 Å². The lowest BCUT2D eigenvalue weighted by Crippen LogP contribution is -2.27. The number of aryl methyl sites for hydroxylation is 1. The van der Waals surface area contributed by atoms with E-state index < -0.39 is 16.0 Å². The third-order valence-corrected chi connectivity index (χ3v) is 5.31. The van der Waals surface area contributed by atoms with Gasteiger partial charge in [-0.25, -0.2) is 17.9 Å². The minimum atomic E-state index is -3.62. The summed E-state index contributed by atoms with van der Waals surface area (Å²) in [4.78, 5) is 11.3.